The summed E-state index contributed by atoms with van der Waals surface area (Å²) < 4.78 is 11.5. The van der Waals surface area contributed by atoms with Gasteiger partial charge in [-0.15, -0.1) is 0 Å². The van der Waals surface area contributed by atoms with Crippen LogP contribution in [0.2, 0.25) is 0 Å². The van der Waals surface area contributed by atoms with Gasteiger partial charge in [0.25, 0.3) is 0 Å². The van der Waals surface area contributed by atoms with Crippen LogP contribution in [0, 0.1) is 0 Å². The normalized spacial score (nSPS) is 24.7. The molecule has 1 heterocycles. The largest absolute Gasteiger partial charge is 0.423 e. The minimum absolute atomic E-state index is 0.0644. The summed E-state index contributed by atoms with van der Waals surface area (Å²) in [5.74, 6) is 0.374. The van der Waals surface area contributed by atoms with Crippen LogP contribution in [0.1, 0.15) is 47.5 Å². The number of rotatable bonds is 2. The molecule has 2 aliphatic rings. The van der Waals surface area contributed by atoms with Gasteiger partial charge in [0.05, 0.1) is 11.7 Å². The van der Waals surface area contributed by atoms with Crippen LogP contribution in [0.25, 0.3) is 0 Å². The zero-order chi connectivity index (χ0) is 14.2. The zero-order valence-electron chi connectivity index (χ0n) is 12.4. The van der Waals surface area contributed by atoms with Gasteiger partial charge in [-0.05, 0) is 59.1 Å². The van der Waals surface area contributed by atoms with Crippen LogP contribution < -0.4 is 0 Å². The molecule has 0 fully saturated rings. The van der Waals surface area contributed by atoms with E-state index >= 15 is 0 Å². The van der Waals surface area contributed by atoms with Crippen LogP contribution in [-0.2, 0) is 14.3 Å². The highest BCUT2D eigenvalue weighted by Gasteiger charge is 2.41. The van der Waals surface area contributed by atoms with E-state index in [4.69, 9.17) is 9.47 Å². The summed E-state index contributed by atoms with van der Waals surface area (Å²) in [6.45, 7) is 9.94. The van der Waals surface area contributed by atoms with E-state index in [0.717, 1.165) is 29.6 Å². The van der Waals surface area contributed by atoms with Crippen molar-refractivity contribution in [1.29, 1.82) is 0 Å². The minimum atomic E-state index is -0.308. The van der Waals surface area contributed by atoms with Gasteiger partial charge in [-0.2, -0.15) is 0 Å². The first-order valence-electron chi connectivity index (χ1n) is 6.77. The maximum Gasteiger partial charge on any atom is 0.336 e. The number of esters is 1. The number of fused-ring (bicyclic) bond motifs is 1. The third kappa shape index (κ3) is 2.81. The van der Waals surface area contributed by atoms with Gasteiger partial charge in [-0.1, -0.05) is 5.57 Å². The summed E-state index contributed by atoms with van der Waals surface area (Å²) in [7, 11) is 0. The van der Waals surface area contributed by atoms with Crippen LogP contribution >= 0.6 is 0 Å². The fourth-order valence-corrected chi connectivity index (χ4v) is 2.56. The fraction of sp³-hybridized carbons (Fsp3) is 0.562. The molecule has 0 aromatic rings. The second-order valence-corrected chi connectivity index (χ2v) is 5.94. The maximum atomic E-state index is 11.8. The summed E-state index contributed by atoms with van der Waals surface area (Å²) in [6, 6.07) is 0. The van der Waals surface area contributed by atoms with Gasteiger partial charge in [0.2, 0.25) is 0 Å². The molecule has 0 radical (unpaired) electrons. The van der Waals surface area contributed by atoms with Crippen molar-refractivity contribution in [3.63, 3.8) is 0 Å². The molecule has 0 spiro atoms. The standard InChI is InChI=1S/C16H22O3/c1-10(2)9-14(17)18-12-7-6-8-13-15(12)11(3)16(4,5)19-13/h7,9,13H,6,8H2,1-5H3. The quantitative estimate of drug-likeness (QED) is 0.562. The number of hydrogen-bond acceptors (Lipinski definition) is 3. The van der Waals surface area contributed by atoms with Gasteiger partial charge in [-0.25, -0.2) is 4.79 Å². The summed E-state index contributed by atoms with van der Waals surface area (Å²) in [4.78, 5) is 11.8. The van der Waals surface area contributed by atoms with Gasteiger partial charge in [-0.3, -0.25) is 0 Å². The Morgan fingerprint density at radius 3 is 2.79 bits per heavy atom. The molecular formula is C16H22O3. The Hall–Kier alpha value is -1.35. The molecule has 0 amide bonds. The average molecular weight is 262 g/mol. The fourth-order valence-electron chi connectivity index (χ4n) is 2.56. The van der Waals surface area contributed by atoms with Crippen molar-refractivity contribution in [1.82, 2.24) is 0 Å². The lowest BCUT2D eigenvalue weighted by Gasteiger charge is -2.23. The highest BCUT2D eigenvalue weighted by molar-refractivity contribution is 5.84. The van der Waals surface area contributed by atoms with Crippen molar-refractivity contribution in [2.75, 3.05) is 0 Å². The number of allylic oxidation sites excluding steroid dienone is 2. The lowest BCUT2D eigenvalue weighted by atomic mass is 9.90. The second kappa shape index (κ2) is 4.97. The highest BCUT2D eigenvalue weighted by Crippen LogP contribution is 2.43. The molecule has 1 aliphatic heterocycles. The molecule has 19 heavy (non-hydrogen) atoms. The highest BCUT2D eigenvalue weighted by atomic mass is 16.5. The second-order valence-electron chi connectivity index (χ2n) is 5.94. The molecule has 1 atom stereocenters. The molecular weight excluding hydrogens is 240 g/mol. The molecule has 0 bridgehead atoms. The van der Waals surface area contributed by atoms with Crippen molar-refractivity contribution >= 4 is 5.97 Å². The third-order valence-corrected chi connectivity index (χ3v) is 3.71. The van der Waals surface area contributed by atoms with Gasteiger partial charge in [0.1, 0.15) is 5.76 Å². The molecule has 0 saturated heterocycles. The van der Waals surface area contributed by atoms with E-state index < -0.39 is 0 Å². The van der Waals surface area contributed by atoms with Crippen molar-refractivity contribution in [3.8, 4) is 0 Å². The number of carbonyl (C=O) groups is 1. The number of ether oxygens (including phenoxy) is 2. The van der Waals surface area contributed by atoms with Crippen molar-refractivity contribution in [2.45, 2.75) is 59.2 Å². The van der Waals surface area contributed by atoms with Gasteiger partial charge in [0, 0.05) is 11.6 Å². The molecule has 1 aliphatic carbocycles. The topological polar surface area (TPSA) is 35.5 Å². The predicted octanol–water partition coefficient (Wildman–Crippen LogP) is 3.67. The van der Waals surface area contributed by atoms with E-state index in [1.54, 1.807) is 0 Å². The van der Waals surface area contributed by atoms with Crippen molar-refractivity contribution in [2.24, 2.45) is 0 Å². The van der Waals surface area contributed by atoms with E-state index in [1.165, 1.54) is 6.08 Å². The Morgan fingerprint density at radius 1 is 1.47 bits per heavy atom. The van der Waals surface area contributed by atoms with Crippen LogP contribution in [0.5, 0.6) is 0 Å². The van der Waals surface area contributed by atoms with Gasteiger partial charge >= 0.3 is 5.97 Å². The first kappa shape index (κ1) is 14.1. The molecule has 0 N–H and O–H groups in total. The van der Waals surface area contributed by atoms with Crippen molar-refractivity contribution in [3.05, 3.63) is 34.6 Å². The zero-order valence-corrected chi connectivity index (χ0v) is 12.4. The van der Waals surface area contributed by atoms with E-state index in [0.29, 0.717) is 5.76 Å². The number of carbonyl (C=O) groups excluding carboxylic acids is 1. The van der Waals surface area contributed by atoms with E-state index in [2.05, 4.69) is 20.8 Å². The van der Waals surface area contributed by atoms with E-state index in [-0.39, 0.29) is 17.7 Å². The summed E-state index contributed by atoms with van der Waals surface area (Å²) in [5.41, 5.74) is 2.89. The Kier molecular flexibility index (Phi) is 3.68. The minimum Gasteiger partial charge on any atom is -0.423 e. The summed E-state index contributed by atoms with van der Waals surface area (Å²) >= 11 is 0. The van der Waals surface area contributed by atoms with E-state index in [1.807, 2.05) is 19.9 Å². The molecule has 3 heteroatoms. The molecule has 1 unspecified atom stereocenters. The predicted molar refractivity (Wildman–Crippen MR) is 74.5 cm³/mol. The van der Waals surface area contributed by atoms with Crippen LogP contribution in [0.3, 0.4) is 0 Å². The first-order chi connectivity index (χ1) is 8.81. The lowest BCUT2D eigenvalue weighted by Crippen LogP contribution is -2.24. The molecule has 0 aromatic heterocycles. The Bertz CT molecular complexity index is 488. The lowest BCUT2D eigenvalue weighted by molar-refractivity contribution is -0.133. The monoisotopic (exact) mass is 262 g/mol. The Balaban J connectivity index is 2.26. The smallest absolute Gasteiger partial charge is 0.336 e. The SMILES string of the molecule is CC(C)=CC(=O)OC1=CCCC2OC(C)(C)C(C)=C12. The molecule has 104 valence electrons. The number of hydrogen-bond donors (Lipinski definition) is 0. The first-order valence-corrected chi connectivity index (χ1v) is 6.77. The average Bonchev–Trinajstić information content (AvgIpc) is 2.49. The Labute approximate surface area is 115 Å². The van der Waals surface area contributed by atoms with Gasteiger partial charge in [0.15, 0.2) is 0 Å². The van der Waals surface area contributed by atoms with Crippen LogP contribution in [0.15, 0.2) is 34.6 Å². The molecule has 0 saturated carbocycles. The maximum absolute atomic E-state index is 11.8. The van der Waals surface area contributed by atoms with Crippen molar-refractivity contribution < 1.29 is 14.3 Å². The van der Waals surface area contributed by atoms with Gasteiger partial charge < -0.3 is 9.47 Å². The third-order valence-electron chi connectivity index (χ3n) is 3.71. The van der Waals surface area contributed by atoms with Crippen LogP contribution in [-0.4, -0.2) is 17.7 Å². The summed E-state index contributed by atoms with van der Waals surface area (Å²) in [6.07, 6.45) is 5.42. The van der Waals surface area contributed by atoms with E-state index in [9.17, 15) is 4.79 Å². The Morgan fingerprint density at radius 2 is 2.16 bits per heavy atom. The van der Waals surface area contributed by atoms with Crippen LogP contribution in [0.4, 0.5) is 0 Å². The summed E-state index contributed by atoms with van der Waals surface area (Å²) in [5, 5.41) is 0. The molecule has 2 rings (SSSR count). The molecule has 0 aromatic carbocycles. The molecule has 3 nitrogen and oxygen atoms in total.